The second-order valence-electron chi connectivity index (χ2n) is 6.86. The highest BCUT2D eigenvalue weighted by Crippen LogP contribution is 2.39. The Morgan fingerprint density at radius 3 is 2.33 bits per heavy atom. The third kappa shape index (κ3) is 3.10. The van der Waals surface area contributed by atoms with Gasteiger partial charge in [0.1, 0.15) is 5.75 Å². The predicted octanol–water partition coefficient (Wildman–Crippen LogP) is 4.92. The van der Waals surface area contributed by atoms with Gasteiger partial charge in [-0.2, -0.15) is 0 Å². The first-order valence-corrected chi connectivity index (χ1v) is 9.98. The van der Waals surface area contributed by atoms with Gasteiger partial charge in [0.2, 0.25) is 0 Å². The average molecular weight is 302 g/mol. The van der Waals surface area contributed by atoms with Crippen molar-refractivity contribution in [2.45, 2.75) is 38.9 Å². The molecule has 0 aliphatic rings. The van der Waals surface area contributed by atoms with E-state index in [4.69, 9.17) is 4.43 Å². The Bertz CT molecular complexity index is 684. The molecule has 0 radical (unpaired) electrons. The summed E-state index contributed by atoms with van der Waals surface area (Å²) in [4.78, 5) is 11.3. The van der Waals surface area contributed by atoms with Gasteiger partial charge < -0.3 is 9.53 Å². The van der Waals surface area contributed by atoms with Gasteiger partial charge in [-0.05, 0) is 35.7 Å². The van der Waals surface area contributed by atoms with Crippen LogP contribution in [0.15, 0.2) is 36.4 Å². The molecule has 112 valence electrons. The smallest absolute Gasteiger partial charge is 0.335 e. The number of benzene rings is 2. The standard InChI is InChI=1S/C17H22O3Si/c1-17(2,3)21(4,5)20-15-11-13(16(18)19)10-12-8-6-7-9-14(12)15/h6-11H,1-5H3,(H,18,19). The van der Waals surface area contributed by atoms with Crippen LogP contribution in [0.2, 0.25) is 18.1 Å². The zero-order valence-electron chi connectivity index (χ0n) is 13.2. The van der Waals surface area contributed by atoms with Crippen LogP contribution >= 0.6 is 0 Å². The van der Waals surface area contributed by atoms with Gasteiger partial charge in [0.05, 0.1) is 5.56 Å². The number of rotatable bonds is 3. The summed E-state index contributed by atoms with van der Waals surface area (Å²) in [6.07, 6.45) is 0. The van der Waals surface area contributed by atoms with Gasteiger partial charge in [0.25, 0.3) is 8.32 Å². The van der Waals surface area contributed by atoms with Crippen molar-refractivity contribution in [2.75, 3.05) is 0 Å². The summed E-state index contributed by atoms with van der Waals surface area (Å²) < 4.78 is 6.35. The molecule has 1 N–H and O–H groups in total. The molecule has 0 aliphatic carbocycles. The number of fused-ring (bicyclic) bond motifs is 1. The fourth-order valence-corrected chi connectivity index (χ4v) is 2.94. The summed E-state index contributed by atoms with van der Waals surface area (Å²) in [6, 6.07) is 11.1. The van der Waals surface area contributed by atoms with Crippen LogP contribution in [-0.2, 0) is 0 Å². The molecule has 0 saturated carbocycles. The van der Waals surface area contributed by atoms with Crippen LogP contribution in [0.1, 0.15) is 31.1 Å². The SMILES string of the molecule is CC(C)(C)[Si](C)(C)Oc1cc(C(=O)O)cc2ccccc12. The van der Waals surface area contributed by atoms with Gasteiger partial charge >= 0.3 is 5.97 Å². The Labute approximate surface area is 126 Å². The third-order valence-corrected chi connectivity index (χ3v) is 8.58. The van der Waals surface area contributed by atoms with Crippen molar-refractivity contribution in [2.24, 2.45) is 0 Å². The number of hydrogen-bond donors (Lipinski definition) is 1. The molecule has 2 aromatic rings. The lowest BCUT2D eigenvalue weighted by molar-refractivity contribution is 0.0696. The predicted molar refractivity (Wildman–Crippen MR) is 88.7 cm³/mol. The lowest BCUT2D eigenvalue weighted by atomic mass is 10.1. The van der Waals surface area contributed by atoms with Gasteiger partial charge in [-0.3, -0.25) is 0 Å². The average Bonchev–Trinajstić information content (AvgIpc) is 2.36. The zero-order chi connectivity index (χ0) is 15.8. The quantitative estimate of drug-likeness (QED) is 0.818. The minimum Gasteiger partial charge on any atom is -0.543 e. The lowest BCUT2D eigenvalue weighted by Crippen LogP contribution is -2.43. The summed E-state index contributed by atoms with van der Waals surface area (Å²) in [7, 11) is -2.01. The molecule has 2 aromatic carbocycles. The molecule has 0 bridgehead atoms. The van der Waals surface area contributed by atoms with Crippen LogP contribution in [0.4, 0.5) is 0 Å². The summed E-state index contributed by atoms with van der Waals surface area (Å²) in [5.41, 5.74) is 0.266. The lowest BCUT2D eigenvalue weighted by Gasteiger charge is -2.36. The van der Waals surface area contributed by atoms with Crippen LogP contribution in [0.25, 0.3) is 10.8 Å². The summed E-state index contributed by atoms with van der Waals surface area (Å²) in [6.45, 7) is 10.8. The molecule has 0 amide bonds. The first-order valence-electron chi connectivity index (χ1n) is 7.07. The van der Waals surface area contributed by atoms with E-state index >= 15 is 0 Å². The number of carbonyl (C=O) groups is 1. The van der Waals surface area contributed by atoms with E-state index in [0.29, 0.717) is 5.75 Å². The first kappa shape index (κ1) is 15.6. The van der Waals surface area contributed by atoms with Gasteiger partial charge in [0.15, 0.2) is 0 Å². The van der Waals surface area contributed by atoms with Crippen LogP contribution < -0.4 is 4.43 Å². The van der Waals surface area contributed by atoms with Crippen molar-refractivity contribution in [3.8, 4) is 5.75 Å². The Kier molecular flexibility index (Phi) is 3.85. The Morgan fingerprint density at radius 2 is 1.76 bits per heavy atom. The normalized spacial score (nSPS) is 12.4. The van der Waals surface area contributed by atoms with E-state index in [1.807, 2.05) is 24.3 Å². The Morgan fingerprint density at radius 1 is 1.14 bits per heavy atom. The molecule has 2 rings (SSSR count). The molecule has 0 fully saturated rings. The van der Waals surface area contributed by atoms with Crippen molar-refractivity contribution >= 4 is 25.1 Å². The maximum Gasteiger partial charge on any atom is 0.335 e. The van der Waals surface area contributed by atoms with Crippen molar-refractivity contribution in [1.29, 1.82) is 0 Å². The largest absolute Gasteiger partial charge is 0.543 e. The second-order valence-corrected chi connectivity index (χ2v) is 11.6. The highest BCUT2D eigenvalue weighted by Gasteiger charge is 2.39. The van der Waals surface area contributed by atoms with Gasteiger partial charge in [-0.25, -0.2) is 4.79 Å². The highest BCUT2D eigenvalue weighted by atomic mass is 28.4. The Balaban J connectivity index is 2.59. The molecule has 0 aromatic heterocycles. The summed E-state index contributed by atoms with van der Waals surface area (Å²) in [5, 5.41) is 11.2. The molecule has 3 nitrogen and oxygen atoms in total. The Hall–Kier alpha value is -1.81. The topological polar surface area (TPSA) is 46.5 Å². The number of carboxylic acids is 1. The molecule has 4 heteroatoms. The maximum absolute atomic E-state index is 11.3. The molecule has 0 spiro atoms. The van der Waals surface area contributed by atoms with E-state index in [1.54, 1.807) is 12.1 Å². The van der Waals surface area contributed by atoms with Gasteiger partial charge in [-0.15, -0.1) is 0 Å². The summed E-state index contributed by atoms with van der Waals surface area (Å²) >= 11 is 0. The van der Waals surface area contributed by atoms with Crippen LogP contribution in [0.5, 0.6) is 5.75 Å². The van der Waals surface area contributed by atoms with E-state index < -0.39 is 14.3 Å². The summed E-state index contributed by atoms with van der Waals surface area (Å²) in [5.74, 6) is -0.252. The molecule has 0 saturated heterocycles. The van der Waals surface area contributed by atoms with Crippen molar-refractivity contribution in [3.05, 3.63) is 42.0 Å². The minimum absolute atomic E-state index is 0.0628. The van der Waals surface area contributed by atoms with Crippen LogP contribution in [-0.4, -0.2) is 19.4 Å². The highest BCUT2D eigenvalue weighted by molar-refractivity contribution is 6.74. The molecule has 21 heavy (non-hydrogen) atoms. The number of aromatic carboxylic acids is 1. The monoisotopic (exact) mass is 302 g/mol. The van der Waals surface area contributed by atoms with Crippen LogP contribution in [0, 0.1) is 0 Å². The van der Waals surface area contributed by atoms with Gasteiger partial charge in [-0.1, -0.05) is 45.0 Å². The fourth-order valence-electron chi connectivity index (χ4n) is 1.91. The van der Waals surface area contributed by atoms with Crippen molar-refractivity contribution < 1.29 is 14.3 Å². The second kappa shape index (κ2) is 5.19. The fraction of sp³-hybridized carbons (Fsp3) is 0.353. The zero-order valence-corrected chi connectivity index (χ0v) is 14.2. The number of hydrogen-bond acceptors (Lipinski definition) is 2. The van der Waals surface area contributed by atoms with E-state index in [-0.39, 0.29) is 10.6 Å². The number of carboxylic acid groups (broad SMARTS) is 1. The maximum atomic E-state index is 11.3. The molecule has 0 aliphatic heterocycles. The van der Waals surface area contributed by atoms with E-state index in [0.717, 1.165) is 10.8 Å². The molecule has 0 atom stereocenters. The van der Waals surface area contributed by atoms with Crippen molar-refractivity contribution in [1.82, 2.24) is 0 Å². The van der Waals surface area contributed by atoms with Crippen molar-refractivity contribution in [3.63, 3.8) is 0 Å². The van der Waals surface area contributed by atoms with E-state index in [1.165, 1.54) is 0 Å². The molecular weight excluding hydrogens is 280 g/mol. The van der Waals surface area contributed by atoms with E-state index in [2.05, 4.69) is 33.9 Å². The van der Waals surface area contributed by atoms with Crippen LogP contribution in [0.3, 0.4) is 0 Å². The molecule has 0 heterocycles. The molecular formula is C17H22O3Si. The van der Waals surface area contributed by atoms with E-state index in [9.17, 15) is 9.90 Å². The molecule has 0 unspecified atom stereocenters. The van der Waals surface area contributed by atoms with Gasteiger partial charge in [0, 0.05) is 5.39 Å². The first-order chi connectivity index (χ1) is 9.62. The minimum atomic E-state index is -2.01. The third-order valence-electron chi connectivity index (χ3n) is 4.24.